The van der Waals surface area contributed by atoms with Crippen LogP contribution in [0.2, 0.25) is 0 Å². The van der Waals surface area contributed by atoms with Crippen LogP contribution >= 0.6 is 11.3 Å². The molecular weight excluding hydrogens is 673 g/mol. The van der Waals surface area contributed by atoms with Gasteiger partial charge in [-0.2, -0.15) is 0 Å². The van der Waals surface area contributed by atoms with Crippen LogP contribution < -0.4 is 0 Å². The Kier molecular flexibility index (Phi) is 8.54. The quantitative estimate of drug-likeness (QED) is 0.157. The van der Waals surface area contributed by atoms with Crippen molar-refractivity contribution in [1.29, 1.82) is 0 Å². The maximum atomic E-state index is 6.26. The lowest BCUT2D eigenvalue weighted by atomic mass is 9.90. The van der Waals surface area contributed by atoms with Gasteiger partial charge >= 0.3 is 0 Å². The molecule has 9 rings (SSSR count). The van der Waals surface area contributed by atoms with Gasteiger partial charge in [0.05, 0.1) is 0 Å². The van der Waals surface area contributed by atoms with Gasteiger partial charge in [0.1, 0.15) is 11.2 Å². The van der Waals surface area contributed by atoms with Crippen molar-refractivity contribution in [2.75, 3.05) is 0 Å². The van der Waals surface area contributed by atoms with Crippen molar-refractivity contribution in [3.05, 3.63) is 205 Å². The Labute approximate surface area is 319 Å². The van der Waals surface area contributed by atoms with Crippen molar-refractivity contribution in [2.45, 2.75) is 13.8 Å². The van der Waals surface area contributed by atoms with Crippen LogP contribution in [-0.2, 0) is 0 Å². The van der Waals surface area contributed by atoms with Gasteiger partial charge in [-0.25, -0.2) is 0 Å². The lowest BCUT2D eigenvalue weighted by Crippen LogP contribution is -1.91. The summed E-state index contributed by atoms with van der Waals surface area (Å²) in [5.41, 5.74) is 10.8. The summed E-state index contributed by atoms with van der Waals surface area (Å²) in [6.07, 6.45) is 6.46. The van der Waals surface area contributed by atoms with Crippen molar-refractivity contribution in [3.8, 4) is 0 Å². The van der Waals surface area contributed by atoms with Gasteiger partial charge in [-0.1, -0.05) is 147 Å². The summed E-state index contributed by atoms with van der Waals surface area (Å²) >= 11 is 1.86. The number of benzene rings is 6. The number of thiophene rings is 1. The first kappa shape index (κ1) is 33.4. The zero-order chi connectivity index (χ0) is 36.8. The van der Waals surface area contributed by atoms with Crippen LogP contribution in [-0.4, -0.2) is 0 Å². The molecule has 0 saturated carbocycles. The molecule has 0 aliphatic heterocycles. The second-order valence-corrected chi connectivity index (χ2v) is 14.8. The highest BCUT2D eigenvalue weighted by Crippen LogP contribution is 2.42. The normalized spacial score (nSPS) is 12.3. The minimum absolute atomic E-state index is 0.924. The number of furan rings is 1. The Morgan fingerprint density at radius 3 is 2.04 bits per heavy atom. The summed E-state index contributed by atoms with van der Waals surface area (Å²) < 4.78 is 8.83. The molecule has 2 heterocycles. The van der Waals surface area contributed by atoms with Gasteiger partial charge in [-0.3, -0.25) is 0 Å². The number of fused-ring (bicyclic) bond motifs is 9. The van der Waals surface area contributed by atoms with Gasteiger partial charge < -0.3 is 4.42 Å². The van der Waals surface area contributed by atoms with Crippen LogP contribution in [0.5, 0.6) is 0 Å². The predicted molar refractivity (Wildman–Crippen MR) is 238 cm³/mol. The lowest BCUT2D eigenvalue weighted by Gasteiger charge is -2.13. The van der Waals surface area contributed by atoms with Gasteiger partial charge in [-0.05, 0) is 116 Å². The van der Waals surface area contributed by atoms with Crippen LogP contribution in [0.4, 0.5) is 0 Å². The monoisotopic (exact) mass is 710 g/mol. The summed E-state index contributed by atoms with van der Waals surface area (Å²) in [5, 5.41) is 9.65. The first-order valence-electron chi connectivity index (χ1n) is 18.3. The Morgan fingerprint density at radius 2 is 1.24 bits per heavy atom. The molecular formula is C52H38OS. The Balaban J connectivity index is 1.19. The molecule has 0 N–H and O–H groups in total. The number of allylic oxidation sites excluding steroid dienone is 4. The van der Waals surface area contributed by atoms with Gasteiger partial charge in [0, 0.05) is 30.9 Å². The molecule has 0 amide bonds. The molecule has 7 aromatic carbocycles. The van der Waals surface area contributed by atoms with Gasteiger partial charge in [0.2, 0.25) is 0 Å². The molecule has 2 heteroatoms. The maximum absolute atomic E-state index is 6.26. The summed E-state index contributed by atoms with van der Waals surface area (Å²) in [6.45, 7) is 13.0. The fourth-order valence-electron chi connectivity index (χ4n) is 7.91. The van der Waals surface area contributed by atoms with E-state index in [0.29, 0.717) is 0 Å². The second kappa shape index (κ2) is 13.8. The van der Waals surface area contributed by atoms with Crippen LogP contribution in [0.15, 0.2) is 181 Å². The third-order valence-corrected chi connectivity index (χ3v) is 11.7. The SMILES string of the molecule is C=Cc1ccccc1C(=C)c1ccccccc(/C(C)=C/C(=C\C)c2ccc3sc4cc5ccc6oc7ccccc7c6c5cc4c3c2)c2ccccc12. The zero-order valence-electron chi connectivity index (χ0n) is 30.4. The van der Waals surface area contributed by atoms with Crippen molar-refractivity contribution < 1.29 is 4.42 Å². The molecule has 54 heavy (non-hydrogen) atoms. The third kappa shape index (κ3) is 5.73. The van der Waals surface area contributed by atoms with Crippen LogP contribution in [0.3, 0.4) is 0 Å². The van der Waals surface area contributed by atoms with Crippen molar-refractivity contribution in [1.82, 2.24) is 0 Å². The van der Waals surface area contributed by atoms with E-state index in [1.54, 1.807) is 0 Å². The van der Waals surface area contributed by atoms with E-state index in [9.17, 15) is 0 Å². The summed E-state index contributed by atoms with van der Waals surface area (Å²) in [5.74, 6) is 0. The molecule has 9 aromatic rings. The Bertz CT molecular complexity index is 3110. The minimum atomic E-state index is 0.924. The van der Waals surface area contributed by atoms with E-state index in [1.807, 2.05) is 29.5 Å². The maximum Gasteiger partial charge on any atom is 0.136 e. The second-order valence-electron chi connectivity index (χ2n) is 13.7. The largest absolute Gasteiger partial charge is 0.456 e. The van der Waals surface area contributed by atoms with E-state index in [0.717, 1.165) is 55.2 Å². The highest BCUT2D eigenvalue weighted by molar-refractivity contribution is 7.25. The van der Waals surface area contributed by atoms with E-state index in [2.05, 4.69) is 179 Å². The Hall–Kier alpha value is -6.48. The van der Waals surface area contributed by atoms with Crippen molar-refractivity contribution in [3.63, 3.8) is 0 Å². The fourth-order valence-corrected chi connectivity index (χ4v) is 9.02. The van der Waals surface area contributed by atoms with E-state index < -0.39 is 0 Å². The van der Waals surface area contributed by atoms with Crippen LogP contribution in [0, 0.1) is 0 Å². The average molecular weight is 711 g/mol. The summed E-state index contributed by atoms with van der Waals surface area (Å²) in [6, 6.07) is 54.1. The van der Waals surface area contributed by atoms with Crippen LogP contribution in [0.25, 0.3) is 86.5 Å². The predicted octanol–water partition coefficient (Wildman–Crippen LogP) is 15.6. The van der Waals surface area contributed by atoms with E-state index >= 15 is 0 Å². The highest BCUT2D eigenvalue weighted by Gasteiger charge is 2.15. The van der Waals surface area contributed by atoms with E-state index in [4.69, 9.17) is 4.42 Å². The number of hydrogen-bond donors (Lipinski definition) is 0. The third-order valence-electron chi connectivity index (χ3n) is 10.6. The molecule has 0 radical (unpaired) electrons. The smallest absolute Gasteiger partial charge is 0.136 e. The molecule has 0 bridgehead atoms. The molecule has 2 aromatic heterocycles. The molecule has 1 nitrogen and oxygen atoms in total. The Morgan fingerprint density at radius 1 is 0.574 bits per heavy atom. The number of para-hydroxylation sites is 1. The first-order valence-corrected chi connectivity index (χ1v) is 19.2. The first-order chi connectivity index (χ1) is 26.5. The number of rotatable bonds is 6. The molecule has 258 valence electrons. The molecule has 0 aliphatic rings. The van der Waals surface area contributed by atoms with Gasteiger partial charge in [-0.15, -0.1) is 11.3 Å². The standard InChI is InChI=1S/C52H38OS/c1-5-35-17-11-12-19-40(35)34(4)41-20-10-8-7-9-18-39(42-21-13-14-22-43(41)42)33(3)29-36(6-2)37-26-28-50-46(30-37)47-32-45-38(31-51(47)54-50)25-27-49-52(45)44-23-15-16-24-48(44)53-49/h5-32H,1,4H2,2-3H3/b8-7?,9-7?,10-8?,18-9?,20-10?,33-29+,36-6+,39-18?,41-20?,42-39?,43-41?. The van der Waals surface area contributed by atoms with Crippen LogP contribution in [0.1, 0.15) is 41.7 Å². The van der Waals surface area contributed by atoms with Crippen molar-refractivity contribution in [2.24, 2.45) is 0 Å². The highest BCUT2D eigenvalue weighted by atomic mass is 32.1. The molecule has 0 atom stereocenters. The average Bonchev–Trinajstić information content (AvgIpc) is 3.78. The topological polar surface area (TPSA) is 13.1 Å². The van der Waals surface area contributed by atoms with E-state index in [1.165, 1.54) is 53.0 Å². The molecule has 0 unspecified atom stereocenters. The fraction of sp³-hybridized carbons (Fsp3) is 0.0385. The zero-order valence-corrected chi connectivity index (χ0v) is 31.2. The summed E-state index contributed by atoms with van der Waals surface area (Å²) in [7, 11) is 0. The van der Waals surface area contributed by atoms with E-state index in [-0.39, 0.29) is 0 Å². The van der Waals surface area contributed by atoms with Crippen molar-refractivity contribution >= 4 is 97.8 Å². The molecule has 0 saturated heterocycles. The molecule has 0 aliphatic carbocycles. The minimum Gasteiger partial charge on any atom is -0.456 e. The van der Waals surface area contributed by atoms with Gasteiger partial charge in [0.15, 0.2) is 0 Å². The summed E-state index contributed by atoms with van der Waals surface area (Å²) in [4.78, 5) is 0. The molecule has 0 fully saturated rings. The number of hydrogen-bond acceptors (Lipinski definition) is 2. The molecule has 0 spiro atoms. The van der Waals surface area contributed by atoms with Gasteiger partial charge in [0.25, 0.3) is 0 Å². The lowest BCUT2D eigenvalue weighted by molar-refractivity contribution is 0.669.